The van der Waals surface area contributed by atoms with Crippen molar-refractivity contribution in [2.24, 2.45) is 0 Å². The van der Waals surface area contributed by atoms with Gasteiger partial charge in [-0.15, -0.1) is 0 Å². The van der Waals surface area contributed by atoms with Crippen molar-refractivity contribution in [1.29, 1.82) is 0 Å². The highest BCUT2D eigenvalue weighted by molar-refractivity contribution is 5.90. The van der Waals surface area contributed by atoms with E-state index in [4.69, 9.17) is 37.6 Å². The number of carbonyl (C=O) groups is 1. The van der Waals surface area contributed by atoms with Crippen LogP contribution in [0.3, 0.4) is 0 Å². The fourth-order valence-electron chi connectivity index (χ4n) is 6.70. The van der Waals surface area contributed by atoms with E-state index in [2.05, 4.69) is 0 Å². The lowest BCUT2D eigenvalue weighted by Gasteiger charge is -2.46. The molecule has 312 valence electrons. The number of carbonyl (C=O) groups excluding carboxylic acids is 1. The summed E-state index contributed by atoms with van der Waals surface area (Å²) in [5.41, 5.74) is -0.571. The van der Waals surface area contributed by atoms with Crippen LogP contribution in [0.25, 0.3) is 28.4 Å². The van der Waals surface area contributed by atoms with E-state index in [1.807, 2.05) is 0 Å². The van der Waals surface area contributed by atoms with E-state index in [0.717, 1.165) is 18.2 Å². The second-order valence-electron chi connectivity index (χ2n) is 13.3. The number of hydrogen-bond donors (Lipinski definition) is 9. The SMILES string of the molecule is COc1cc(/C=C/C(=O)OC[C@H]2O[C@@H](c3c(OC)cc(O)c4c(=O)cc(-c5ccc(O)cc5)oc34)[C@H](O[C@@H]3O[C@H](CO)[C@@H](O)[C@H](O)[C@H]3O)[C@@H](O)[C@@H]2O)cc(OC)c1O. The molecule has 3 aromatic carbocycles. The molecule has 19 nitrogen and oxygen atoms in total. The van der Waals surface area contributed by atoms with Gasteiger partial charge >= 0.3 is 5.97 Å². The molecular weight excluding hydrogens is 772 g/mol. The Morgan fingerprint density at radius 1 is 0.776 bits per heavy atom. The number of aliphatic hydroxyl groups excluding tert-OH is 6. The maximum atomic E-state index is 13.6. The number of aromatic hydroxyl groups is 3. The van der Waals surface area contributed by atoms with Gasteiger partial charge in [-0.1, -0.05) is 0 Å². The molecule has 0 amide bonds. The number of phenols is 3. The average Bonchev–Trinajstić information content (AvgIpc) is 3.21. The molecule has 4 aromatic rings. The second kappa shape index (κ2) is 17.6. The van der Waals surface area contributed by atoms with Gasteiger partial charge in [-0.3, -0.25) is 4.79 Å². The molecule has 2 fully saturated rings. The van der Waals surface area contributed by atoms with Gasteiger partial charge in [-0.05, 0) is 48.0 Å². The zero-order chi connectivity index (χ0) is 42.0. The van der Waals surface area contributed by atoms with Crippen LogP contribution in [-0.4, -0.2) is 142 Å². The van der Waals surface area contributed by atoms with Crippen LogP contribution >= 0.6 is 0 Å². The van der Waals surface area contributed by atoms with Gasteiger partial charge in [0.2, 0.25) is 5.75 Å². The molecular formula is C39H42O19. The number of aliphatic hydroxyl groups is 6. The standard InChI is InChI=1S/C39H42O19/c1-51-22-13-20(43)28-19(42)12-21(17-5-7-18(41)8-6-17)55-36(28)29(22)37-38(58-39-35(50)33(48)31(46)25(14-40)57-39)34(49)32(47)26(56-37)15-54-27(44)9-4-16-10-23(52-2)30(45)24(11-16)53-3/h4-13,25-26,31-35,37-41,43,45-50H,14-15H2,1-3H3/b9-4+/t25-,26-,31-,32-,33+,34+,35-,37+,38-,39+/m1/s1. The predicted molar refractivity (Wildman–Crippen MR) is 197 cm³/mol. The summed E-state index contributed by atoms with van der Waals surface area (Å²) in [6.45, 7) is -1.52. The van der Waals surface area contributed by atoms with Crippen molar-refractivity contribution in [3.63, 3.8) is 0 Å². The second-order valence-corrected chi connectivity index (χ2v) is 13.3. The maximum Gasteiger partial charge on any atom is 0.330 e. The van der Waals surface area contributed by atoms with E-state index in [1.54, 1.807) is 0 Å². The molecule has 58 heavy (non-hydrogen) atoms. The van der Waals surface area contributed by atoms with Gasteiger partial charge in [-0.25, -0.2) is 4.79 Å². The normalized spacial score (nSPS) is 27.4. The monoisotopic (exact) mass is 814 g/mol. The molecule has 0 saturated carbocycles. The Morgan fingerprint density at radius 3 is 2.03 bits per heavy atom. The average molecular weight is 815 g/mol. The first kappa shape index (κ1) is 42.1. The molecule has 1 aromatic heterocycles. The summed E-state index contributed by atoms with van der Waals surface area (Å²) in [5.74, 6) is -1.96. The third-order valence-electron chi connectivity index (χ3n) is 9.77. The van der Waals surface area contributed by atoms with Gasteiger partial charge < -0.3 is 83.5 Å². The molecule has 10 atom stereocenters. The first-order chi connectivity index (χ1) is 27.7. The molecule has 0 radical (unpaired) electrons. The Labute approximate surface area is 328 Å². The number of benzene rings is 3. The van der Waals surface area contributed by atoms with Crippen LogP contribution in [0.5, 0.6) is 34.5 Å². The number of phenolic OH excluding ortho intramolecular Hbond substituents is 3. The van der Waals surface area contributed by atoms with Crippen molar-refractivity contribution in [2.45, 2.75) is 61.2 Å². The first-order valence-electron chi connectivity index (χ1n) is 17.7. The molecule has 0 aliphatic carbocycles. The van der Waals surface area contributed by atoms with Crippen molar-refractivity contribution in [1.82, 2.24) is 0 Å². The van der Waals surface area contributed by atoms with Gasteiger partial charge in [0.25, 0.3) is 0 Å². The van der Waals surface area contributed by atoms with E-state index >= 15 is 0 Å². The van der Waals surface area contributed by atoms with Crippen molar-refractivity contribution in [3.05, 3.63) is 76.0 Å². The third kappa shape index (κ3) is 8.25. The molecule has 2 aliphatic rings. The zero-order valence-electron chi connectivity index (χ0n) is 31.1. The van der Waals surface area contributed by atoms with E-state index in [1.165, 1.54) is 63.8 Å². The van der Waals surface area contributed by atoms with E-state index in [0.29, 0.717) is 11.1 Å². The largest absolute Gasteiger partial charge is 0.508 e. The molecule has 2 aliphatic heterocycles. The number of fused-ring (bicyclic) bond motifs is 1. The number of hydrogen-bond acceptors (Lipinski definition) is 19. The number of rotatable bonds is 12. The van der Waals surface area contributed by atoms with E-state index in [9.17, 15) is 55.5 Å². The summed E-state index contributed by atoms with van der Waals surface area (Å²) in [6, 6.07) is 10.6. The fourth-order valence-corrected chi connectivity index (χ4v) is 6.70. The van der Waals surface area contributed by atoms with Crippen LogP contribution in [0.4, 0.5) is 0 Å². The summed E-state index contributed by atoms with van der Waals surface area (Å²) in [6.07, 6.45) is -15.6. The van der Waals surface area contributed by atoms with Crippen LogP contribution in [0.2, 0.25) is 0 Å². The van der Waals surface area contributed by atoms with Gasteiger partial charge in [0.15, 0.2) is 28.8 Å². The highest BCUT2D eigenvalue weighted by Crippen LogP contribution is 2.46. The fraction of sp³-hybridized carbons (Fsp3) is 0.385. The van der Waals surface area contributed by atoms with Gasteiger partial charge in [0, 0.05) is 23.8 Å². The van der Waals surface area contributed by atoms with Crippen LogP contribution in [0, 0.1) is 0 Å². The van der Waals surface area contributed by atoms with Gasteiger partial charge in [-0.2, -0.15) is 0 Å². The molecule has 3 heterocycles. The predicted octanol–water partition coefficient (Wildman–Crippen LogP) is 0.206. The minimum Gasteiger partial charge on any atom is -0.508 e. The first-order valence-corrected chi connectivity index (χ1v) is 17.7. The van der Waals surface area contributed by atoms with Crippen molar-refractivity contribution in [3.8, 4) is 45.8 Å². The highest BCUT2D eigenvalue weighted by atomic mass is 16.7. The number of ether oxygens (including phenoxy) is 7. The van der Waals surface area contributed by atoms with Crippen molar-refractivity contribution in [2.75, 3.05) is 34.5 Å². The van der Waals surface area contributed by atoms with Crippen LogP contribution in [-0.2, 0) is 23.7 Å². The summed E-state index contributed by atoms with van der Waals surface area (Å²) in [4.78, 5) is 26.5. The molecule has 2 saturated heterocycles. The van der Waals surface area contributed by atoms with Crippen LogP contribution in [0.1, 0.15) is 17.2 Å². The molecule has 0 unspecified atom stereocenters. The smallest absolute Gasteiger partial charge is 0.330 e. The van der Waals surface area contributed by atoms with E-state index < -0.39 is 91.6 Å². The van der Waals surface area contributed by atoms with Gasteiger partial charge in [0.05, 0.1) is 33.5 Å². The lowest BCUT2D eigenvalue weighted by molar-refractivity contribution is -0.342. The number of methoxy groups -OCH3 is 3. The summed E-state index contributed by atoms with van der Waals surface area (Å²) < 4.78 is 45.2. The minimum absolute atomic E-state index is 0.0460. The van der Waals surface area contributed by atoms with Crippen molar-refractivity contribution >= 4 is 23.0 Å². The quantitative estimate of drug-likeness (QED) is 0.0682. The molecule has 19 heteroatoms. The molecule has 6 rings (SSSR count). The molecule has 9 N–H and O–H groups in total. The molecule has 0 bridgehead atoms. The Hall–Kier alpha value is -5.48. The summed E-state index contributed by atoms with van der Waals surface area (Å²) in [5, 5.41) is 95.1. The topological polar surface area (TPSA) is 294 Å². The van der Waals surface area contributed by atoms with Gasteiger partial charge in [0.1, 0.15) is 89.9 Å². The lowest BCUT2D eigenvalue weighted by atomic mass is 9.89. The molecule has 0 spiro atoms. The summed E-state index contributed by atoms with van der Waals surface area (Å²) >= 11 is 0. The highest BCUT2D eigenvalue weighted by Gasteiger charge is 2.52. The van der Waals surface area contributed by atoms with Crippen molar-refractivity contribution < 1.29 is 88.3 Å². The Bertz CT molecular complexity index is 2160. The Morgan fingerprint density at radius 2 is 1.41 bits per heavy atom. The lowest BCUT2D eigenvalue weighted by Crippen LogP contribution is -2.62. The van der Waals surface area contributed by atoms with Crippen LogP contribution in [0.15, 0.2) is 63.8 Å². The number of esters is 1. The van der Waals surface area contributed by atoms with Crippen LogP contribution < -0.4 is 19.6 Å². The van der Waals surface area contributed by atoms with E-state index in [-0.39, 0.29) is 51.0 Å². The summed E-state index contributed by atoms with van der Waals surface area (Å²) in [7, 11) is 3.86. The third-order valence-corrected chi connectivity index (χ3v) is 9.77. The maximum absolute atomic E-state index is 13.6. The Balaban J connectivity index is 1.40. The Kier molecular flexibility index (Phi) is 12.8. The zero-order valence-corrected chi connectivity index (χ0v) is 31.1. The minimum atomic E-state index is -2.00.